The molecule has 0 radical (unpaired) electrons. The Bertz CT molecular complexity index is 685. The maximum absolute atomic E-state index is 12.2. The van der Waals surface area contributed by atoms with Gasteiger partial charge < -0.3 is 10.3 Å². The SMILES string of the molecule is CC(C)C[C@@H](NC(=O)CSc1nccc(=O)[nH]1)c1ccccc1. The Morgan fingerprint density at radius 3 is 2.65 bits per heavy atom. The number of hydrogen-bond donors (Lipinski definition) is 2. The molecule has 0 aliphatic carbocycles. The molecule has 0 spiro atoms. The first-order valence-corrected chi connectivity index (χ1v) is 8.55. The average Bonchev–Trinajstić information content (AvgIpc) is 2.53. The standard InChI is InChI=1S/C17H21N3O2S/c1-12(2)10-14(13-6-4-3-5-7-13)19-16(22)11-23-17-18-9-8-15(21)20-17/h3-9,12,14H,10-11H2,1-2H3,(H,19,22)(H,18,20,21)/t14-/m1/s1. The summed E-state index contributed by atoms with van der Waals surface area (Å²) in [5.41, 5.74) is 0.885. The van der Waals surface area contributed by atoms with Gasteiger partial charge in [0.05, 0.1) is 11.8 Å². The molecule has 122 valence electrons. The van der Waals surface area contributed by atoms with Crippen LogP contribution in [0.15, 0.2) is 52.5 Å². The second-order valence-electron chi connectivity index (χ2n) is 5.69. The lowest BCUT2D eigenvalue weighted by Gasteiger charge is -2.21. The summed E-state index contributed by atoms with van der Waals surface area (Å²) in [6, 6.07) is 11.3. The Hall–Kier alpha value is -2.08. The Kier molecular flexibility index (Phi) is 6.40. The molecule has 23 heavy (non-hydrogen) atoms. The average molecular weight is 331 g/mol. The van der Waals surface area contributed by atoms with Crippen molar-refractivity contribution in [1.82, 2.24) is 15.3 Å². The molecule has 0 aliphatic rings. The summed E-state index contributed by atoms with van der Waals surface area (Å²) in [7, 11) is 0. The fourth-order valence-electron chi connectivity index (χ4n) is 2.23. The number of hydrogen-bond acceptors (Lipinski definition) is 4. The van der Waals surface area contributed by atoms with Gasteiger partial charge in [0.15, 0.2) is 5.16 Å². The highest BCUT2D eigenvalue weighted by Gasteiger charge is 2.16. The van der Waals surface area contributed by atoms with E-state index in [1.54, 1.807) is 0 Å². The quantitative estimate of drug-likeness (QED) is 0.604. The van der Waals surface area contributed by atoms with Gasteiger partial charge in [-0.15, -0.1) is 0 Å². The molecule has 5 nitrogen and oxygen atoms in total. The topological polar surface area (TPSA) is 74.8 Å². The number of benzene rings is 1. The van der Waals surface area contributed by atoms with Crippen LogP contribution in [0.4, 0.5) is 0 Å². The summed E-state index contributed by atoms with van der Waals surface area (Å²) < 4.78 is 0. The third kappa shape index (κ3) is 5.90. The smallest absolute Gasteiger partial charge is 0.251 e. The van der Waals surface area contributed by atoms with Crippen molar-refractivity contribution in [1.29, 1.82) is 0 Å². The number of nitrogens with one attached hydrogen (secondary N) is 2. The third-order valence-corrected chi connectivity index (χ3v) is 4.12. The van der Waals surface area contributed by atoms with E-state index in [0.29, 0.717) is 11.1 Å². The number of carbonyl (C=O) groups is 1. The predicted octanol–water partition coefficient (Wildman–Crippen LogP) is 2.77. The summed E-state index contributed by atoms with van der Waals surface area (Å²) in [5.74, 6) is 0.616. The van der Waals surface area contributed by atoms with Gasteiger partial charge in [-0.1, -0.05) is 55.9 Å². The van der Waals surface area contributed by atoms with Gasteiger partial charge in [0, 0.05) is 12.3 Å². The van der Waals surface area contributed by atoms with Crippen molar-refractivity contribution < 1.29 is 4.79 Å². The Morgan fingerprint density at radius 1 is 1.26 bits per heavy atom. The molecule has 0 fully saturated rings. The molecule has 1 heterocycles. The third-order valence-electron chi connectivity index (χ3n) is 3.23. The highest BCUT2D eigenvalue weighted by molar-refractivity contribution is 7.99. The van der Waals surface area contributed by atoms with Crippen LogP contribution >= 0.6 is 11.8 Å². The van der Waals surface area contributed by atoms with Crippen LogP contribution in [0.3, 0.4) is 0 Å². The molecule has 6 heteroatoms. The zero-order valence-corrected chi connectivity index (χ0v) is 14.1. The normalized spacial score (nSPS) is 12.1. The summed E-state index contributed by atoms with van der Waals surface area (Å²) in [4.78, 5) is 30.0. The lowest BCUT2D eigenvalue weighted by molar-refractivity contribution is -0.119. The number of amides is 1. The van der Waals surface area contributed by atoms with Crippen LogP contribution in [0.1, 0.15) is 31.9 Å². The number of carbonyl (C=O) groups excluding carboxylic acids is 1. The molecular formula is C17H21N3O2S. The molecule has 0 bridgehead atoms. The molecule has 2 N–H and O–H groups in total. The first-order chi connectivity index (χ1) is 11.0. The van der Waals surface area contributed by atoms with Gasteiger partial charge >= 0.3 is 0 Å². The molecule has 2 rings (SSSR count). The number of aromatic nitrogens is 2. The molecule has 0 saturated heterocycles. The largest absolute Gasteiger partial charge is 0.349 e. The number of thioether (sulfide) groups is 1. The molecular weight excluding hydrogens is 310 g/mol. The van der Waals surface area contributed by atoms with Gasteiger partial charge in [-0.25, -0.2) is 4.98 Å². The molecule has 1 atom stereocenters. The fourth-order valence-corrected chi connectivity index (χ4v) is 2.89. The Labute approximate surface area is 139 Å². The van der Waals surface area contributed by atoms with E-state index in [9.17, 15) is 9.59 Å². The first kappa shape index (κ1) is 17.3. The molecule has 2 aromatic rings. The fraction of sp³-hybridized carbons (Fsp3) is 0.353. The van der Waals surface area contributed by atoms with Crippen LogP contribution in [0.25, 0.3) is 0 Å². The van der Waals surface area contributed by atoms with Gasteiger partial charge in [0.25, 0.3) is 5.56 Å². The number of H-pyrrole nitrogens is 1. The van der Waals surface area contributed by atoms with E-state index < -0.39 is 0 Å². The summed E-state index contributed by atoms with van der Waals surface area (Å²) in [6.07, 6.45) is 2.31. The second kappa shape index (κ2) is 8.53. The minimum atomic E-state index is -0.218. The van der Waals surface area contributed by atoms with E-state index >= 15 is 0 Å². The van der Waals surface area contributed by atoms with E-state index in [-0.39, 0.29) is 23.3 Å². The summed E-state index contributed by atoms with van der Waals surface area (Å²) in [6.45, 7) is 4.27. The zero-order valence-electron chi connectivity index (χ0n) is 13.3. The zero-order chi connectivity index (χ0) is 16.7. The minimum Gasteiger partial charge on any atom is -0.349 e. The van der Waals surface area contributed by atoms with E-state index in [1.807, 2.05) is 30.3 Å². The van der Waals surface area contributed by atoms with Crippen molar-refractivity contribution in [3.05, 3.63) is 58.5 Å². The van der Waals surface area contributed by atoms with E-state index in [4.69, 9.17) is 0 Å². The highest BCUT2D eigenvalue weighted by Crippen LogP contribution is 2.21. The highest BCUT2D eigenvalue weighted by atomic mass is 32.2. The van der Waals surface area contributed by atoms with Crippen molar-refractivity contribution in [2.75, 3.05) is 5.75 Å². The van der Waals surface area contributed by atoms with Gasteiger partial charge in [0.2, 0.25) is 5.91 Å². The summed E-state index contributed by atoms with van der Waals surface area (Å²) >= 11 is 1.22. The first-order valence-electron chi connectivity index (χ1n) is 7.57. The number of nitrogens with zero attached hydrogens (tertiary/aromatic N) is 1. The maximum atomic E-state index is 12.2. The maximum Gasteiger partial charge on any atom is 0.251 e. The predicted molar refractivity (Wildman–Crippen MR) is 92.4 cm³/mol. The van der Waals surface area contributed by atoms with Gasteiger partial charge in [-0.2, -0.15) is 0 Å². The van der Waals surface area contributed by atoms with E-state index in [1.165, 1.54) is 24.0 Å². The van der Waals surface area contributed by atoms with Crippen LogP contribution in [-0.4, -0.2) is 21.6 Å². The van der Waals surface area contributed by atoms with Crippen molar-refractivity contribution >= 4 is 17.7 Å². The summed E-state index contributed by atoms with van der Waals surface area (Å²) in [5, 5.41) is 3.52. The monoisotopic (exact) mass is 331 g/mol. The van der Waals surface area contributed by atoms with Crippen molar-refractivity contribution in [3.8, 4) is 0 Å². The molecule has 1 aromatic carbocycles. The lowest BCUT2D eigenvalue weighted by atomic mass is 9.97. The lowest BCUT2D eigenvalue weighted by Crippen LogP contribution is -2.31. The van der Waals surface area contributed by atoms with Gasteiger partial charge in [-0.3, -0.25) is 9.59 Å². The van der Waals surface area contributed by atoms with E-state index in [2.05, 4.69) is 29.1 Å². The van der Waals surface area contributed by atoms with Crippen LogP contribution in [0.2, 0.25) is 0 Å². The van der Waals surface area contributed by atoms with Crippen LogP contribution in [0.5, 0.6) is 0 Å². The minimum absolute atomic E-state index is 0.00733. The van der Waals surface area contributed by atoms with Crippen molar-refractivity contribution in [2.45, 2.75) is 31.5 Å². The number of rotatable bonds is 7. The molecule has 0 unspecified atom stereocenters. The van der Waals surface area contributed by atoms with Crippen molar-refractivity contribution in [2.24, 2.45) is 5.92 Å². The molecule has 1 amide bonds. The Balaban J connectivity index is 1.96. The van der Waals surface area contributed by atoms with Crippen LogP contribution in [0, 0.1) is 5.92 Å². The van der Waals surface area contributed by atoms with E-state index in [0.717, 1.165) is 12.0 Å². The molecule has 0 aliphatic heterocycles. The van der Waals surface area contributed by atoms with Crippen LogP contribution in [-0.2, 0) is 4.79 Å². The molecule has 0 saturated carbocycles. The van der Waals surface area contributed by atoms with Crippen molar-refractivity contribution in [3.63, 3.8) is 0 Å². The Morgan fingerprint density at radius 2 is 2.00 bits per heavy atom. The van der Waals surface area contributed by atoms with Crippen LogP contribution < -0.4 is 10.9 Å². The second-order valence-corrected chi connectivity index (χ2v) is 6.65. The van der Waals surface area contributed by atoms with Gasteiger partial charge in [-0.05, 0) is 17.9 Å². The van der Waals surface area contributed by atoms with Gasteiger partial charge in [0.1, 0.15) is 0 Å². The molecule has 1 aromatic heterocycles. The number of aromatic amines is 1.